The second-order valence-corrected chi connectivity index (χ2v) is 4.68. The fraction of sp³-hybridized carbons (Fsp3) is 0.500. The summed E-state index contributed by atoms with van der Waals surface area (Å²) in [7, 11) is 0. The van der Waals surface area contributed by atoms with Crippen molar-refractivity contribution in [2.75, 3.05) is 13.1 Å². The number of carbonyl (C=O) groups is 1. The zero-order chi connectivity index (χ0) is 14.1. The van der Waals surface area contributed by atoms with Crippen molar-refractivity contribution >= 4 is 5.91 Å². The molecule has 3 nitrogen and oxygen atoms in total. The van der Waals surface area contributed by atoms with Crippen molar-refractivity contribution in [1.29, 1.82) is 5.26 Å². The van der Waals surface area contributed by atoms with Crippen LogP contribution in [0.5, 0.6) is 0 Å². The van der Waals surface area contributed by atoms with Crippen LogP contribution in [0.15, 0.2) is 30.3 Å². The zero-order valence-corrected chi connectivity index (χ0v) is 11.8. The second kappa shape index (κ2) is 8.31. The third kappa shape index (κ3) is 4.75. The molecular formula is C16H22N2O. The minimum absolute atomic E-state index is 0.0825. The van der Waals surface area contributed by atoms with Gasteiger partial charge < -0.3 is 4.90 Å². The molecule has 1 aromatic carbocycles. The lowest BCUT2D eigenvalue weighted by atomic mass is 9.96. The third-order valence-electron chi connectivity index (χ3n) is 3.08. The molecule has 0 spiro atoms. The van der Waals surface area contributed by atoms with Crippen LogP contribution in [-0.2, 0) is 4.79 Å². The maximum Gasteiger partial charge on any atom is 0.224 e. The van der Waals surface area contributed by atoms with Crippen LogP contribution in [0.4, 0.5) is 0 Å². The lowest BCUT2D eigenvalue weighted by Crippen LogP contribution is -2.33. The Morgan fingerprint density at radius 1 is 1.21 bits per heavy atom. The van der Waals surface area contributed by atoms with Crippen LogP contribution >= 0.6 is 0 Å². The van der Waals surface area contributed by atoms with E-state index >= 15 is 0 Å². The van der Waals surface area contributed by atoms with Gasteiger partial charge in [-0.1, -0.05) is 44.2 Å². The summed E-state index contributed by atoms with van der Waals surface area (Å²) in [6, 6.07) is 11.8. The van der Waals surface area contributed by atoms with E-state index in [1.165, 1.54) is 0 Å². The molecule has 0 aliphatic heterocycles. The SMILES string of the molecule is CCCN(CCC)C(=O)CC(C#N)c1ccccc1. The molecule has 0 heterocycles. The van der Waals surface area contributed by atoms with Crippen molar-refractivity contribution in [3.63, 3.8) is 0 Å². The van der Waals surface area contributed by atoms with E-state index in [2.05, 4.69) is 19.9 Å². The Bertz CT molecular complexity index is 416. The number of hydrogen-bond donors (Lipinski definition) is 0. The van der Waals surface area contributed by atoms with Gasteiger partial charge in [0.15, 0.2) is 0 Å². The van der Waals surface area contributed by atoms with Crippen molar-refractivity contribution in [2.45, 2.75) is 39.0 Å². The number of nitrogens with zero attached hydrogens (tertiary/aromatic N) is 2. The van der Waals surface area contributed by atoms with E-state index in [-0.39, 0.29) is 18.2 Å². The molecule has 1 amide bonds. The number of hydrogen-bond acceptors (Lipinski definition) is 2. The first-order valence-electron chi connectivity index (χ1n) is 6.95. The maximum absolute atomic E-state index is 12.2. The fourth-order valence-electron chi connectivity index (χ4n) is 2.13. The van der Waals surface area contributed by atoms with Crippen LogP contribution in [0.25, 0.3) is 0 Å². The Labute approximate surface area is 115 Å². The molecule has 1 rings (SSSR count). The molecule has 0 saturated heterocycles. The van der Waals surface area contributed by atoms with Crippen LogP contribution in [0.1, 0.15) is 44.6 Å². The number of nitriles is 1. The summed E-state index contributed by atoms with van der Waals surface area (Å²) in [5, 5.41) is 9.25. The largest absolute Gasteiger partial charge is 0.343 e. The van der Waals surface area contributed by atoms with Gasteiger partial charge in [-0.3, -0.25) is 4.79 Å². The van der Waals surface area contributed by atoms with Crippen molar-refractivity contribution in [3.8, 4) is 6.07 Å². The number of amides is 1. The third-order valence-corrected chi connectivity index (χ3v) is 3.08. The molecule has 0 N–H and O–H groups in total. The molecule has 3 heteroatoms. The molecule has 0 bridgehead atoms. The van der Waals surface area contributed by atoms with E-state index < -0.39 is 0 Å². The van der Waals surface area contributed by atoms with E-state index in [1.807, 2.05) is 35.2 Å². The van der Waals surface area contributed by atoms with Crippen molar-refractivity contribution in [3.05, 3.63) is 35.9 Å². The quantitative estimate of drug-likeness (QED) is 0.753. The molecule has 1 atom stereocenters. The number of benzene rings is 1. The second-order valence-electron chi connectivity index (χ2n) is 4.68. The van der Waals surface area contributed by atoms with Crippen LogP contribution in [0.2, 0.25) is 0 Å². The average molecular weight is 258 g/mol. The van der Waals surface area contributed by atoms with Gasteiger partial charge in [0.1, 0.15) is 0 Å². The average Bonchev–Trinajstić information content (AvgIpc) is 2.45. The van der Waals surface area contributed by atoms with E-state index in [9.17, 15) is 10.1 Å². The van der Waals surface area contributed by atoms with Gasteiger partial charge in [0.2, 0.25) is 5.91 Å². The molecule has 1 aromatic rings. The Morgan fingerprint density at radius 3 is 2.26 bits per heavy atom. The zero-order valence-electron chi connectivity index (χ0n) is 11.8. The fourth-order valence-corrected chi connectivity index (χ4v) is 2.13. The molecule has 102 valence electrons. The van der Waals surface area contributed by atoms with Crippen molar-refractivity contribution < 1.29 is 4.79 Å². The minimum Gasteiger partial charge on any atom is -0.343 e. The summed E-state index contributed by atoms with van der Waals surface area (Å²) in [4.78, 5) is 14.1. The number of rotatable bonds is 7. The first-order valence-corrected chi connectivity index (χ1v) is 6.95. The van der Waals surface area contributed by atoms with Gasteiger partial charge in [-0.25, -0.2) is 0 Å². The van der Waals surface area contributed by atoms with Gasteiger partial charge in [0.05, 0.1) is 12.0 Å². The Morgan fingerprint density at radius 2 is 1.79 bits per heavy atom. The highest BCUT2D eigenvalue weighted by molar-refractivity contribution is 5.77. The summed E-state index contributed by atoms with van der Waals surface area (Å²) in [5.41, 5.74) is 0.922. The molecule has 19 heavy (non-hydrogen) atoms. The van der Waals surface area contributed by atoms with Gasteiger partial charge in [-0.05, 0) is 18.4 Å². The monoisotopic (exact) mass is 258 g/mol. The van der Waals surface area contributed by atoms with Crippen LogP contribution < -0.4 is 0 Å². The molecule has 1 unspecified atom stereocenters. The van der Waals surface area contributed by atoms with Gasteiger partial charge >= 0.3 is 0 Å². The van der Waals surface area contributed by atoms with Crippen molar-refractivity contribution in [1.82, 2.24) is 4.90 Å². The summed E-state index contributed by atoms with van der Waals surface area (Å²) >= 11 is 0. The highest BCUT2D eigenvalue weighted by Crippen LogP contribution is 2.19. The lowest BCUT2D eigenvalue weighted by Gasteiger charge is -2.22. The van der Waals surface area contributed by atoms with Crippen molar-refractivity contribution in [2.24, 2.45) is 0 Å². The van der Waals surface area contributed by atoms with E-state index in [1.54, 1.807) is 0 Å². The topological polar surface area (TPSA) is 44.1 Å². The van der Waals surface area contributed by atoms with Crippen LogP contribution in [-0.4, -0.2) is 23.9 Å². The van der Waals surface area contributed by atoms with E-state index in [4.69, 9.17) is 0 Å². The Hall–Kier alpha value is -1.82. The maximum atomic E-state index is 12.2. The highest BCUT2D eigenvalue weighted by atomic mass is 16.2. The predicted octanol–water partition coefficient (Wildman–Crippen LogP) is 3.33. The smallest absolute Gasteiger partial charge is 0.224 e. The Balaban J connectivity index is 2.70. The summed E-state index contributed by atoms with van der Waals surface area (Å²) in [6.45, 7) is 5.68. The Kier molecular flexibility index (Phi) is 6.67. The summed E-state index contributed by atoms with van der Waals surface area (Å²) < 4.78 is 0. The standard InChI is InChI=1S/C16H22N2O/c1-3-10-18(11-4-2)16(19)12-15(13-17)14-8-6-5-7-9-14/h5-9,15H,3-4,10-12H2,1-2H3. The molecular weight excluding hydrogens is 236 g/mol. The van der Waals surface area contributed by atoms with Crippen LogP contribution in [0, 0.1) is 11.3 Å². The molecule has 0 fully saturated rings. The first kappa shape index (κ1) is 15.2. The molecule has 0 aromatic heterocycles. The minimum atomic E-state index is -0.343. The lowest BCUT2D eigenvalue weighted by molar-refractivity contribution is -0.131. The molecule has 0 radical (unpaired) electrons. The van der Waals surface area contributed by atoms with Gasteiger partial charge in [0, 0.05) is 19.5 Å². The molecule has 0 aliphatic carbocycles. The van der Waals surface area contributed by atoms with Crippen LogP contribution in [0.3, 0.4) is 0 Å². The number of carbonyl (C=O) groups excluding carboxylic acids is 1. The summed E-state index contributed by atoms with van der Waals surface area (Å²) in [5.74, 6) is -0.260. The molecule has 0 saturated carbocycles. The van der Waals surface area contributed by atoms with Gasteiger partial charge in [0.25, 0.3) is 0 Å². The summed E-state index contributed by atoms with van der Waals surface area (Å²) in [6.07, 6.45) is 2.18. The van der Waals surface area contributed by atoms with Gasteiger partial charge in [-0.2, -0.15) is 5.26 Å². The van der Waals surface area contributed by atoms with E-state index in [0.717, 1.165) is 31.5 Å². The van der Waals surface area contributed by atoms with Gasteiger partial charge in [-0.15, -0.1) is 0 Å². The predicted molar refractivity (Wildman–Crippen MR) is 76.6 cm³/mol. The highest BCUT2D eigenvalue weighted by Gasteiger charge is 2.19. The first-order chi connectivity index (χ1) is 9.22. The van der Waals surface area contributed by atoms with E-state index in [0.29, 0.717) is 0 Å². The molecule has 0 aliphatic rings. The normalized spacial score (nSPS) is 11.6.